The van der Waals surface area contributed by atoms with Crippen LogP contribution in [0.25, 0.3) is 10.4 Å². The molecule has 0 aliphatic heterocycles. The van der Waals surface area contributed by atoms with E-state index in [0.717, 1.165) is 15.3 Å². The van der Waals surface area contributed by atoms with Gasteiger partial charge in [0.05, 0.1) is 26.9 Å². The molecule has 0 bridgehead atoms. The molecule has 3 aromatic rings. The monoisotopic (exact) mass is 438 g/mol. The topological polar surface area (TPSA) is 75.7 Å². The van der Waals surface area contributed by atoms with Crippen LogP contribution in [0.4, 0.5) is 5.69 Å². The van der Waals surface area contributed by atoms with Crippen LogP contribution in [-0.2, 0) is 0 Å². The summed E-state index contributed by atoms with van der Waals surface area (Å²) in [5.74, 6) is 0.0108. The third-order valence-electron chi connectivity index (χ3n) is 4.52. The van der Waals surface area contributed by atoms with E-state index in [-0.39, 0.29) is 11.5 Å². The van der Waals surface area contributed by atoms with Crippen molar-refractivity contribution in [2.75, 3.05) is 0 Å². The van der Waals surface area contributed by atoms with E-state index < -0.39 is 5.60 Å². The fourth-order valence-electron chi connectivity index (χ4n) is 2.78. The molecule has 154 valence electrons. The molecule has 6 heteroatoms. The highest BCUT2D eigenvalue weighted by atomic mass is 35.5. The molecule has 1 heterocycles. The van der Waals surface area contributed by atoms with Crippen LogP contribution < -0.4 is 5.73 Å². The number of aliphatic imine (C=N–C) groups is 1. The lowest BCUT2D eigenvalue weighted by Gasteiger charge is -2.18. The second-order valence-corrected chi connectivity index (χ2v) is 8.86. The zero-order valence-electron chi connectivity index (χ0n) is 17.0. The molecule has 1 aromatic heterocycles. The normalized spacial score (nSPS) is 12.8. The maximum Gasteiger partial charge on any atom is 0.160 e. The molecular weight excluding hydrogens is 416 g/mol. The number of carbonyl (C=O) groups excluding carboxylic acids is 1. The summed E-state index contributed by atoms with van der Waals surface area (Å²) in [5, 5.41) is 10.8. The Balaban J connectivity index is 2.13. The van der Waals surface area contributed by atoms with Crippen LogP contribution in [0.15, 0.2) is 77.4 Å². The fraction of sp³-hybridized carbons (Fsp3) is 0.167. The number of halogens is 1. The molecule has 0 amide bonds. The molecule has 0 unspecified atom stereocenters. The lowest BCUT2D eigenvalue weighted by atomic mass is 10.0. The SMILES string of the molecule is CC(=O)c1ccccc1-c1ccc(C(C=C(N)C(C)(C)O)=Nc2ccccc2Cl)s1. The predicted octanol–water partition coefficient (Wildman–Crippen LogP) is 6.01. The number of hydrogen-bond acceptors (Lipinski definition) is 5. The van der Waals surface area contributed by atoms with Crippen LogP contribution in [0.2, 0.25) is 5.02 Å². The Morgan fingerprint density at radius 1 is 1.10 bits per heavy atom. The number of ketones is 1. The van der Waals surface area contributed by atoms with Crippen LogP contribution >= 0.6 is 22.9 Å². The van der Waals surface area contributed by atoms with Gasteiger partial charge in [-0.25, -0.2) is 4.99 Å². The van der Waals surface area contributed by atoms with Gasteiger partial charge in [0.25, 0.3) is 0 Å². The summed E-state index contributed by atoms with van der Waals surface area (Å²) < 4.78 is 0. The number of hydrogen-bond donors (Lipinski definition) is 2. The first-order chi connectivity index (χ1) is 14.2. The maximum atomic E-state index is 12.0. The Labute approximate surface area is 185 Å². The Morgan fingerprint density at radius 3 is 2.43 bits per heavy atom. The molecule has 0 atom stereocenters. The van der Waals surface area contributed by atoms with Crippen molar-refractivity contribution in [1.29, 1.82) is 0 Å². The molecule has 3 N–H and O–H groups in total. The first-order valence-corrected chi connectivity index (χ1v) is 10.6. The van der Waals surface area contributed by atoms with Crippen molar-refractivity contribution >= 4 is 40.1 Å². The molecule has 30 heavy (non-hydrogen) atoms. The van der Waals surface area contributed by atoms with Crippen LogP contribution in [-0.4, -0.2) is 22.2 Å². The molecule has 0 saturated heterocycles. The van der Waals surface area contributed by atoms with Crippen molar-refractivity contribution in [3.63, 3.8) is 0 Å². The van der Waals surface area contributed by atoms with Gasteiger partial charge in [0.2, 0.25) is 0 Å². The number of benzene rings is 2. The van der Waals surface area contributed by atoms with Crippen LogP contribution in [0.1, 0.15) is 36.0 Å². The summed E-state index contributed by atoms with van der Waals surface area (Å²) in [4.78, 5) is 18.5. The summed E-state index contributed by atoms with van der Waals surface area (Å²) in [6.45, 7) is 4.80. The number of aliphatic hydroxyl groups is 1. The second-order valence-electron chi connectivity index (χ2n) is 7.37. The van der Waals surface area contributed by atoms with Gasteiger partial charge in [-0.3, -0.25) is 4.79 Å². The highest BCUT2D eigenvalue weighted by molar-refractivity contribution is 7.17. The summed E-state index contributed by atoms with van der Waals surface area (Å²) in [7, 11) is 0. The van der Waals surface area contributed by atoms with Crippen molar-refractivity contribution in [1.82, 2.24) is 0 Å². The van der Waals surface area contributed by atoms with Gasteiger partial charge in [-0.2, -0.15) is 0 Å². The number of rotatable bonds is 6. The largest absolute Gasteiger partial charge is 0.400 e. The summed E-state index contributed by atoms with van der Waals surface area (Å²) >= 11 is 7.79. The molecule has 0 spiro atoms. The average molecular weight is 439 g/mol. The molecule has 0 fully saturated rings. The number of nitrogens with zero attached hydrogens (tertiary/aromatic N) is 1. The van der Waals surface area contributed by atoms with E-state index in [4.69, 9.17) is 22.3 Å². The quantitative estimate of drug-likeness (QED) is 0.365. The number of para-hydroxylation sites is 1. The Morgan fingerprint density at radius 2 is 1.77 bits per heavy atom. The van der Waals surface area contributed by atoms with Gasteiger partial charge in [-0.15, -0.1) is 11.3 Å². The number of Topliss-reactive ketones (excluding diaryl/α,β-unsaturated/α-hetero) is 1. The van der Waals surface area contributed by atoms with Crippen molar-refractivity contribution in [3.05, 3.63) is 87.9 Å². The van der Waals surface area contributed by atoms with Crippen LogP contribution in [0.5, 0.6) is 0 Å². The molecule has 3 rings (SSSR count). The minimum absolute atomic E-state index is 0.0108. The van der Waals surface area contributed by atoms with Gasteiger partial charge in [-0.05, 0) is 51.1 Å². The zero-order valence-corrected chi connectivity index (χ0v) is 18.6. The third-order valence-corrected chi connectivity index (χ3v) is 5.98. The Kier molecular flexibility index (Phi) is 6.56. The molecule has 0 aliphatic rings. The van der Waals surface area contributed by atoms with E-state index in [1.807, 2.05) is 54.6 Å². The van der Waals surface area contributed by atoms with E-state index in [1.54, 1.807) is 32.9 Å². The van der Waals surface area contributed by atoms with Gasteiger partial charge < -0.3 is 10.8 Å². The van der Waals surface area contributed by atoms with Crippen LogP contribution in [0.3, 0.4) is 0 Å². The summed E-state index contributed by atoms with van der Waals surface area (Å²) in [5.41, 5.74) is 7.94. The zero-order chi connectivity index (χ0) is 21.9. The molecule has 0 aliphatic carbocycles. The van der Waals surface area contributed by atoms with E-state index >= 15 is 0 Å². The van der Waals surface area contributed by atoms with Gasteiger partial charge in [0.15, 0.2) is 5.78 Å². The standard InChI is InChI=1S/C24H23ClN2O2S/c1-15(28)16-8-4-5-9-17(16)21-12-13-22(30-21)20(14-23(26)24(2,3)29)27-19-11-7-6-10-18(19)25/h4-14,29H,26H2,1-3H3. The predicted molar refractivity (Wildman–Crippen MR) is 126 cm³/mol. The van der Waals surface area contributed by atoms with E-state index in [1.165, 1.54) is 11.3 Å². The number of carbonyl (C=O) groups is 1. The third kappa shape index (κ3) is 5.05. The van der Waals surface area contributed by atoms with Crippen molar-refractivity contribution in [2.24, 2.45) is 10.7 Å². The molecule has 4 nitrogen and oxygen atoms in total. The van der Waals surface area contributed by atoms with Crippen molar-refractivity contribution in [2.45, 2.75) is 26.4 Å². The van der Waals surface area contributed by atoms with E-state index in [9.17, 15) is 9.90 Å². The van der Waals surface area contributed by atoms with Gasteiger partial charge in [0.1, 0.15) is 0 Å². The summed E-state index contributed by atoms with van der Waals surface area (Å²) in [6, 6.07) is 18.7. The number of allylic oxidation sites excluding steroid dienone is 1. The second kappa shape index (κ2) is 8.96. The Hall–Kier alpha value is -2.73. The highest BCUT2D eigenvalue weighted by Crippen LogP contribution is 2.33. The first kappa shape index (κ1) is 22.0. The number of nitrogens with two attached hydrogens (primary N) is 1. The number of thiophene rings is 1. The molecule has 2 aromatic carbocycles. The van der Waals surface area contributed by atoms with Gasteiger partial charge in [0, 0.05) is 21.7 Å². The molecule has 0 saturated carbocycles. The highest BCUT2D eigenvalue weighted by Gasteiger charge is 2.19. The van der Waals surface area contributed by atoms with Crippen LogP contribution in [0, 0.1) is 0 Å². The summed E-state index contributed by atoms with van der Waals surface area (Å²) in [6.07, 6.45) is 1.66. The van der Waals surface area contributed by atoms with Crippen molar-refractivity contribution < 1.29 is 9.90 Å². The lowest BCUT2D eigenvalue weighted by molar-refractivity contribution is 0.101. The fourth-order valence-corrected chi connectivity index (χ4v) is 3.96. The molecular formula is C24H23ClN2O2S. The van der Waals surface area contributed by atoms with Gasteiger partial charge >= 0.3 is 0 Å². The lowest BCUT2D eigenvalue weighted by Crippen LogP contribution is -2.28. The van der Waals surface area contributed by atoms with Gasteiger partial charge in [-0.1, -0.05) is 48.0 Å². The van der Waals surface area contributed by atoms with E-state index in [0.29, 0.717) is 22.0 Å². The minimum atomic E-state index is -1.19. The minimum Gasteiger partial charge on any atom is -0.400 e. The first-order valence-electron chi connectivity index (χ1n) is 9.40. The average Bonchev–Trinajstić information content (AvgIpc) is 3.18. The maximum absolute atomic E-state index is 12.0. The smallest absolute Gasteiger partial charge is 0.160 e. The van der Waals surface area contributed by atoms with Crippen molar-refractivity contribution in [3.8, 4) is 10.4 Å². The molecule has 0 radical (unpaired) electrons. The Bertz CT molecular complexity index is 1140. The van der Waals surface area contributed by atoms with E-state index in [2.05, 4.69) is 0 Å².